The molecule has 2 unspecified atom stereocenters. The van der Waals surface area contributed by atoms with Gasteiger partial charge in [0.05, 0.1) is 18.2 Å². The largest absolute Gasteiger partial charge is 0.490 e. The number of nitrogens with zero attached hydrogens (tertiary/aromatic N) is 1. The minimum absolute atomic E-state index is 0.112. The molecule has 39 heavy (non-hydrogen) atoms. The van der Waals surface area contributed by atoms with E-state index < -0.39 is 48.5 Å². The summed E-state index contributed by atoms with van der Waals surface area (Å²) in [4.78, 5) is 36.1. The summed E-state index contributed by atoms with van der Waals surface area (Å²) < 4.78 is 53.8. The lowest BCUT2D eigenvalue weighted by molar-refractivity contribution is -0.0420. The maximum absolute atomic E-state index is 12.0. The lowest BCUT2D eigenvalue weighted by atomic mass is 10.0. The van der Waals surface area contributed by atoms with E-state index in [4.69, 9.17) is 14.5 Å². The van der Waals surface area contributed by atoms with Crippen LogP contribution in [-0.4, -0.2) is 48.1 Å². The molecular weight excluding hydrogens is 575 g/mol. The highest BCUT2D eigenvalue weighted by Gasteiger charge is 2.42. The van der Waals surface area contributed by atoms with Crippen molar-refractivity contribution in [3.8, 4) is 11.1 Å². The quantitative estimate of drug-likeness (QED) is 0.170. The molecule has 1 aromatic heterocycles. The maximum atomic E-state index is 12.0. The average molecular weight is 599 g/mol. The van der Waals surface area contributed by atoms with Gasteiger partial charge in [-0.2, -0.15) is 8.62 Å². The smallest absolute Gasteiger partial charge is 0.390 e. The zero-order valence-corrected chi connectivity index (χ0v) is 22.6. The van der Waals surface area contributed by atoms with Gasteiger partial charge in [0.1, 0.15) is 12.3 Å². The van der Waals surface area contributed by atoms with E-state index in [2.05, 4.69) is 43.5 Å². The zero-order chi connectivity index (χ0) is 28.0. The number of aromatic nitrogens is 1. The number of aliphatic hydroxyl groups excluding tert-OH is 1. The number of benzene rings is 3. The SMILES string of the molecule is O=P(O)(O)OP(=O)(O)OP(=O)(O)OC[C@H]1O[C@@H](n2ccc3cc(-c4ccc5ccccc5c4)ccc32)C[C@@H]1O. The fraction of sp³-hybridized carbons (Fsp3) is 0.217. The van der Waals surface area contributed by atoms with Gasteiger partial charge in [0, 0.05) is 18.0 Å². The van der Waals surface area contributed by atoms with E-state index in [9.17, 15) is 28.6 Å². The van der Waals surface area contributed by atoms with Crippen molar-refractivity contribution in [1.29, 1.82) is 0 Å². The van der Waals surface area contributed by atoms with Crippen molar-refractivity contribution in [1.82, 2.24) is 4.57 Å². The monoisotopic (exact) mass is 599 g/mol. The second-order valence-corrected chi connectivity index (χ2v) is 13.3. The van der Waals surface area contributed by atoms with Gasteiger partial charge in [-0.25, -0.2) is 13.7 Å². The molecule has 1 saturated heterocycles. The van der Waals surface area contributed by atoms with Crippen molar-refractivity contribution in [2.45, 2.75) is 24.9 Å². The minimum Gasteiger partial charge on any atom is -0.390 e. The molecule has 0 saturated carbocycles. The highest BCUT2D eigenvalue weighted by molar-refractivity contribution is 7.66. The first-order valence-corrected chi connectivity index (χ1v) is 16.0. The molecule has 0 radical (unpaired) electrons. The van der Waals surface area contributed by atoms with Crippen LogP contribution in [0.1, 0.15) is 12.6 Å². The zero-order valence-electron chi connectivity index (χ0n) is 20.0. The first kappa shape index (κ1) is 28.3. The molecule has 1 aliphatic rings. The molecule has 1 fully saturated rings. The first-order chi connectivity index (χ1) is 18.3. The van der Waals surface area contributed by atoms with Crippen molar-refractivity contribution in [3.63, 3.8) is 0 Å². The highest BCUT2D eigenvalue weighted by Crippen LogP contribution is 2.66. The summed E-state index contributed by atoms with van der Waals surface area (Å²) in [7, 11) is -16.5. The number of aliphatic hydroxyl groups is 1. The number of phosphoric ester groups is 1. The molecule has 0 spiro atoms. The Morgan fingerprint density at radius 3 is 2.21 bits per heavy atom. The predicted molar refractivity (Wildman–Crippen MR) is 139 cm³/mol. The average Bonchev–Trinajstić information content (AvgIpc) is 3.42. The van der Waals surface area contributed by atoms with E-state index in [1.54, 1.807) is 10.8 Å². The van der Waals surface area contributed by atoms with E-state index in [0.29, 0.717) is 0 Å². The van der Waals surface area contributed by atoms with E-state index in [1.165, 1.54) is 0 Å². The Morgan fingerprint density at radius 2 is 1.49 bits per heavy atom. The van der Waals surface area contributed by atoms with Crippen LogP contribution < -0.4 is 0 Å². The molecule has 0 amide bonds. The lowest BCUT2D eigenvalue weighted by Gasteiger charge is -2.19. The van der Waals surface area contributed by atoms with Crippen LogP contribution in [0.3, 0.4) is 0 Å². The van der Waals surface area contributed by atoms with E-state index in [1.807, 2.05) is 36.4 Å². The van der Waals surface area contributed by atoms with E-state index in [0.717, 1.165) is 32.8 Å². The first-order valence-electron chi connectivity index (χ1n) is 11.5. The normalized spacial score (nSPS) is 23.2. The van der Waals surface area contributed by atoms with Crippen molar-refractivity contribution >= 4 is 45.1 Å². The molecule has 5 N–H and O–H groups in total. The third-order valence-electron chi connectivity index (χ3n) is 6.14. The van der Waals surface area contributed by atoms with Gasteiger partial charge in [-0.15, -0.1) is 0 Å². The topological polar surface area (TPSA) is 194 Å². The van der Waals surface area contributed by atoms with E-state index >= 15 is 0 Å². The Morgan fingerprint density at radius 1 is 0.821 bits per heavy atom. The van der Waals surface area contributed by atoms with Crippen LogP contribution in [0.4, 0.5) is 0 Å². The molecule has 1 aliphatic heterocycles. The van der Waals surface area contributed by atoms with Crippen molar-refractivity contribution in [3.05, 3.63) is 72.9 Å². The van der Waals surface area contributed by atoms with Crippen LogP contribution in [0, 0.1) is 0 Å². The fourth-order valence-electron chi connectivity index (χ4n) is 4.47. The number of hydrogen-bond donors (Lipinski definition) is 5. The Kier molecular flexibility index (Phi) is 7.73. The molecule has 2 heterocycles. The Hall–Kier alpha value is -2.21. The Labute approximate surface area is 221 Å². The number of ether oxygens (including phenoxy) is 1. The molecule has 5 atom stereocenters. The molecule has 16 heteroatoms. The van der Waals surface area contributed by atoms with Crippen molar-refractivity contribution in [2.75, 3.05) is 6.61 Å². The van der Waals surface area contributed by atoms with Gasteiger partial charge in [0.25, 0.3) is 0 Å². The van der Waals surface area contributed by atoms with Crippen LogP contribution in [-0.2, 0) is 31.6 Å². The number of hydrogen-bond acceptors (Lipinski definition) is 8. The highest BCUT2D eigenvalue weighted by atomic mass is 31.3. The van der Waals surface area contributed by atoms with Gasteiger partial charge in [0.15, 0.2) is 0 Å². The summed E-state index contributed by atoms with van der Waals surface area (Å²) >= 11 is 0. The number of fused-ring (bicyclic) bond motifs is 2. The summed E-state index contributed by atoms with van der Waals surface area (Å²) in [6, 6.07) is 22.2. The van der Waals surface area contributed by atoms with Gasteiger partial charge in [0.2, 0.25) is 0 Å². The number of phosphoric acid groups is 3. The fourth-order valence-corrected chi connectivity index (χ4v) is 7.50. The van der Waals surface area contributed by atoms with Crippen LogP contribution >= 0.6 is 23.5 Å². The molecule has 0 aliphatic carbocycles. The Balaban J connectivity index is 1.27. The predicted octanol–water partition coefficient (Wildman–Crippen LogP) is 4.45. The second kappa shape index (κ2) is 10.6. The standard InChI is InChI=1S/C23H24NO12P3/c25-21-13-23(34-22(21)14-33-38(29,30)36-39(31,32)35-37(26,27)28)24-10-9-19-12-18(7-8-20(19)24)17-6-5-15-3-1-2-4-16(15)11-17/h1-12,21-23,25H,13-14H2,(H,29,30)(H,31,32)(H2,26,27,28)/t21-,22+,23+/m0/s1. The van der Waals surface area contributed by atoms with Gasteiger partial charge in [-0.05, 0) is 46.2 Å². The van der Waals surface area contributed by atoms with Gasteiger partial charge < -0.3 is 34.0 Å². The molecule has 208 valence electrons. The van der Waals surface area contributed by atoms with E-state index in [-0.39, 0.29) is 6.42 Å². The van der Waals surface area contributed by atoms with Crippen LogP contribution in [0.15, 0.2) is 72.9 Å². The van der Waals surface area contributed by atoms with Crippen LogP contribution in [0.2, 0.25) is 0 Å². The van der Waals surface area contributed by atoms with Crippen molar-refractivity contribution < 1.29 is 56.3 Å². The summed E-state index contributed by atoms with van der Waals surface area (Å²) in [5.41, 5.74) is 2.90. The van der Waals surface area contributed by atoms with Gasteiger partial charge >= 0.3 is 23.5 Å². The lowest BCUT2D eigenvalue weighted by Crippen LogP contribution is -2.26. The van der Waals surface area contributed by atoms with Crippen LogP contribution in [0.25, 0.3) is 32.8 Å². The number of rotatable bonds is 9. The molecule has 0 bridgehead atoms. The molecule has 4 aromatic rings. The van der Waals surface area contributed by atoms with Crippen LogP contribution in [0.5, 0.6) is 0 Å². The third-order valence-corrected chi connectivity index (χ3v) is 9.94. The molecule has 13 nitrogen and oxygen atoms in total. The third kappa shape index (κ3) is 6.75. The van der Waals surface area contributed by atoms with Crippen molar-refractivity contribution in [2.24, 2.45) is 0 Å². The molecule has 3 aromatic carbocycles. The summed E-state index contributed by atoms with van der Waals surface area (Å²) in [5.74, 6) is 0. The maximum Gasteiger partial charge on any atom is 0.490 e. The Bertz CT molecular complexity index is 1670. The van der Waals surface area contributed by atoms with Gasteiger partial charge in [-0.3, -0.25) is 4.52 Å². The minimum atomic E-state index is -5.64. The summed E-state index contributed by atoms with van der Waals surface area (Å²) in [6.45, 7) is -0.729. The second-order valence-electron chi connectivity index (χ2n) is 8.88. The summed E-state index contributed by atoms with van der Waals surface area (Å²) in [6.07, 6.45) is -0.998. The summed E-state index contributed by atoms with van der Waals surface area (Å²) in [5, 5.41) is 13.6. The molecule has 5 rings (SSSR count). The van der Waals surface area contributed by atoms with Gasteiger partial charge in [-0.1, -0.05) is 42.5 Å². The molecular formula is C23H24NO12P3.